The SMILES string of the molecule is CC#CC(=O)Cc1c(C)n(C(=O)c2ccc(Cl)cc2)c2ccc(C)cc12. The summed E-state index contributed by atoms with van der Waals surface area (Å²) in [6, 6.07) is 12.7. The molecule has 0 N–H and O–H groups in total. The van der Waals surface area contributed by atoms with E-state index in [9.17, 15) is 9.59 Å². The third-order valence-corrected chi connectivity index (χ3v) is 4.64. The third kappa shape index (κ3) is 3.29. The van der Waals surface area contributed by atoms with Gasteiger partial charge in [-0.05, 0) is 68.7 Å². The first-order valence-corrected chi connectivity index (χ1v) is 8.66. The van der Waals surface area contributed by atoms with Gasteiger partial charge in [-0.3, -0.25) is 14.2 Å². The number of Topliss-reactive ketones (excluding diaryl/α,β-unsaturated/α-hetero) is 1. The number of aromatic nitrogens is 1. The fourth-order valence-corrected chi connectivity index (χ4v) is 3.27. The van der Waals surface area contributed by atoms with Crippen molar-refractivity contribution in [1.82, 2.24) is 4.57 Å². The van der Waals surface area contributed by atoms with Crippen LogP contribution in [0.1, 0.15) is 34.1 Å². The molecule has 3 aromatic rings. The van der Waals surface area contributed by atoms with Gasteiger partial charge in [0, 0.05) is 28.1 Å². The van der Waals surface area contributed by atoms with E-state index in [2.05, 4.69) is 11.8 Å². The minimum atomic E-state index is -0.157. The molecule has 0 saturated carbocycles. The summed E-state index contributed by atoms with van der Waals surface area (Å²) in [7, 11) is 0. The van der Waals surface area contributed by atoms with E-state index in [4.69, 9.17) is 11.6 Å². The van der Waals surface area contributed by atoms with Crippen LogP contribution in [0.25, 0.3) is 10.9 Å². The summed E-state index contributed by atoms with van der Waals surface area (Å²) in [5, 5.41) is 1.49. The van der Waals surface area contributed by atoms with E-state index < -0.39 is 0 Å². The van der Waals surface area contributed by atoms with Crippen molar-refractivity contribution in [3.63, 3.8) is 0 Å². The van der Waals surface area contributed by atoms with Crippen LogP contribution in [0.15, 0.2) is 42.5 Å². The maximum atomic E-state index is 13.1. The summed E-state index contributed by atoms with van der Waals surface area (Å²) in [4.78, 5) is 25.2. The largest absolute Gasteiger partial charge is 0.285 e. The Bertz CT molecular complexity index is 1080. The number of hydrogen-bond acceptors (Lipinski definition) is 2. The van der Waals surface area contributed by atoms with Gasteiger partial charge >= 0.3 is 0 Å². The van der Waals surface area contributed by atoms with E-state index in [0.29, 0.717) is 10.6 Å². The minimum absolute atomic E-state index is 0.145. The Labute approximate surface area is 157 Å². The molecule has 0 saturated heterocycles. The van der Waals surface area contributed by atoms with E-state index in [1.165, 1.54) is 0 Å². The highest BCUT2D eigenvalue weighted by Crippen LogP contribution is 2.28. The van der Waals surface area contributed by atoms with Crippen LogP contribution in [-0.2, 0) is 11.2 Å². The van der Waals surface area contributed by atoms with Gasteiger partial charge < -0.3 is 0 Å². The number of carbonyl (C=O) groups excluding carboxylic acids is 2. The van der Waals surface area contributed by atoms with Crippen LogP contribution in [0.5, 0.6) is 0 Å². The van der Waals surface area contributed by atoms with Crippen LogP contribution in [0.2, 0.25) is 5.02 Å². The Hall–Kier alpha value is -2.83. The predicted molar refractivity (Wildman–Crippen MR) is 105 cm³/mol. The van der Waals surface area contributed by atoms with Crippen molar-refractivity contribution < 1.29 is 9.59 Å². The maximum absolute atomic E-state index is 13.1. The number of carbonyl (C=O) groups is 2. The highest BCUT2D eigenvalue weighted by atomic mass is 35.5. The van der Waals surface area contributed by atoms with Gasteiger partial charge in [-0.2, -0.15) is 0 Å². The summed E-state index contributed by atoms with van der Waals surface area (Å²) < 4.78 is 1.67. The predicted octanol–water partition coefficient (Wildman–Crippen LogP) is 4.73. The molecule has 0 atom stereocenters. The van der Waals surface area contributed by atoms with Crippen molar-refractivity contribution in [3.8, 4) is 11.8 Å². The second kappa shape index (κ2) is 7.19. The van der Waals surface area contributed by atoms with Crippen LogP contribution in [-0.4, -0.2) is 16.3 Å². The quantitative estimate of drug-likeness (QED) is 0.498. The zero-order valence-electron chi connectivity index (χ0n) is 14.9. The second-order valence-corrected chi connectivity index (χ2v) is 6.64. The fourth-order valence-electron chi connectivity index (χ4n) is 3.15. The summed E-state index contributed by atoms with van der Waals surface area (Å²) in [5.41, 5.74) is 4.01. The fraction of sp³-hybridized carbons (Fsp3) is 0.182. The molecule has 26 heavy (non-hydrogen) atoms. The lowest BCUT2D eigenvalue weighted by Crippen LogP contribution is -2.14. The molecule has 0 aliphatic rings. The van der Waals surface area contributed by atoms with Crippen LogP contribution in [0, 0.1) is 25.7 Å². The van der Waals surface area contributed by atoms with Crippen LogP contribution in [0.4, 0.5) is 0 Å². The number of ketones is 1. The van der Waals surface area contributed by atoms with Crippen molar-refractivity contribution in [2.75, 3.05) is 0 Å². The van der Waals surface area contributed by atoms with Crippen molar-refractivity contribution in [2.45, 2.75) is 27.2 Å². The molecule has 0 unspecified atom stereocenters. The molecule has 0 aliphatic carbocycles. The Morgan fingerprint density at radius 3 is 2.42 bits per heavy atom. The highest BCUT2D eigenvalue weighted by Gasteiger charge is 2.21. The number of fused-ring (bicyclic) bond motifs is 1. The smallest absolute Gasteiger partial charge is 0.262 e. The molecule has 0 aliphatic heterocycles. The van der Waals surface area contributed by atoms with Crippen molar-refractivity contribution >= 4 is 34.2 Å². The van der Waals surface area contributed by atoms with Gasteiger partial charge in [0.2, 0.25) is 5.78 Å². The Balaban J connectivity index is 2.20. The van der Waals surface area contributed by atoms with Gasteiger partial charge in [-0.1, -0.05) is 29.2 Å². The van der Waals surface area contributed by atoms with E-state index in [1.807, 2.05) is 32.0 Å². The normalized spacial score (nSPS) is 10.5. The lowest BCUT2D eigenvalue weighted by molar-refractivity contribution is -0.113. The third-order valence-electron chi connectivity index (χ3n) is 4.39. The Morgan fingerprint density at radius 1 is 1.08 bits per heavy atom. The number of hydrogen-bond donors (Lipinski definition) is 0. The second-order valence-electron chi connectivity index (χ2n) is 6.21. The van der Waals surface area contributed by atoms with E-state index in [1.54, 1.807) is 35.8 Å². The first-order valence-electron chi connectivity index (χ1n) is 8.28. The van der Waals surface area contributed by atoms with E-state index >= 15 is 0 Å². The Morgan fingerprint density at radius 2 is 1.77 bits per heavy atom. The minimum Gasteiger partial charge on any atom is -0.285 e. The number of rotatable bonds is 3. The lowest BCUT2D eigenvalue weighted by Gasteiger charge is -2.08. The average Bonchev–Trinajstić information content (AvgIpc) is 2.87. The summed E-state index contributed by atoms with van der Waals surface area (Å²) >= 11 is 5.93. The Kier molecular flexibility index (Phi) is 4.97. The zero-order chi connectivity index (χ0) is 18.8. The molecule has 2 aromatic carbocycles. The van der Waals surface area contributed by atoms with Gasteiger partial charge in [0.05, 0.1) is 5.52 Å². The molecule has 1 heterocycles. The van der Waals surface area contributed by atoms with Crippen molar-refractivity contribution in [1.29, 1.82) is 0 Å². The lowest BCUT2D eigenvalue weighted by atomic mass is 10.0. The van der Waals surface area contributed by atoms with Gasteiger partial charge in [0.25, 0.3) is 5.91 Å². The summed E-state index contributed by atoms with van der Waals surface area (Å²) in [6.07, 6.45) is 0.188. The van der Waals surface area contributed by atoms with Crippen LogP contribution in [0.3, 0.4) is 0 Å². The molecule has 3 rings (SSSR count). The van der Waals surface area contributed by atoms with Crippen molar-refractivity contribution in [3.05, 3.63) is 69.9 Å². The number of halogens is 1. The molecular weight excluding hydrogens is 346 g/mol. The zero-order valence-corrected chi connectivity index (χ0v) is 15.6. The average molecular weight is 364 g/mol. The molecule has 0 amide bonds. The molecule has 1 aromatic heterocycles. The first kappa shape index (κ1) is 18.0. The number of benzene rings is 2. The van der Waals surface area contributed by atoms with Gasteiger partial charge in [0.15, 0.2) is 0 Å². The molecule has 3 nitrogen and oxygen atoms in total. The van der Waals surface area contributed by atoms with E-state index in [-0.39, 0.29) is 18.1 Å². The monoisotopic (exact) mass is 363 g/mol. The topological polar surface area (TPSA) is 39.1 Å². The molecule has 130 valence electrons. The van der Waals surface area contributed by atoms with E-state index in [0.717, 1.165) is 27.7 Å². The van der Waals surface area contributed by atoms with Crippen molar-refractivity contribution in [2.24, 2.45) is 0 Å². The van der Waals surface area contributed by atoms with Gasteiger partial charge in [-0.15, -0.1) is 0 Å². The first-order chi connectivity index (χ1) is 12.4. The molecule has 0 bridgehead atoms. The van der Waals surface area contributed by atoms with Crippen LogP contribution < -0.4 is 0 Å². The molecule has 0 fully saturated rings. The van der Waals surface area contributed by atoms with Gasteiger partial charge in [-0.25, -0.2) is 0 Å². The maximum Gasteiger partial charge on any atom is 0.262 e. The molecular formula is C22H18ClNO2. The van der Waals surface area contributed by atoms with Crippen LogP contribution >= 0.6 is 11.6 Å². The molecule has 0 spiro atoms. The molecule has 0 radical (unpaired) electrons. The molecule has 4 heteroatoms. The summed E-state index contributed by atoms with van der Waals surface area (Å²) in [5.74, 6) is 4.92. The standard InChI is InChI=1S/C22H18ClNO2/c1-4-5-18(25)13-19-15(3)24(21-11-6-14(2)12-20(19)21)22(26)16-7-9-17(23)10-8-16/h6-12H,13H2,1-3H3. The highest BCUT2D eigenvalue weighted by molar-refractivity contribution is 6.30. The number of aryl methyl sites for hydroxylation is 1. The summed E-state index contributed by atoms with van der Waals surface area (Å²) in [6.45, 7) is 5.50. The van der Waals surface area contributed by atoms with Gasteiger partial charge in [0.1, 0.15) is 0 Å². The number of nitrogens with zero attached hydrogens (tertiary/aromatic N) is 1.